The summed E-state index contributed by atoms with van der Waals surface area (Å²) >= 11 is 0. The zero-order valence-electron chi connectivity index (χ0n) is 20.5. The van der Waals surface area contributed by atoms with Crippen molar-refractivity contribution in [3.63, 3.8) is 0 Å². The number of anilines is 1. The van der Waals surface area contributed by atoms with E-state index in [1.54, 1.807) is 0 Å². The second-order valence-corrected chi connectivity index (χ2v) is 8.48. The molecule has 0 bridgehead atoms. The average molecular weight is 452 g/mol. The molecule has 0 aliphatic carbocycles. The number of unbranched alkanes of at least 4 members (excludes halogenated alkanes) is 1. The highest BCUT2D eigenvalue weighted by Gasteiger charge is 2.19. The fourth-order valence-corrected chi connectivity index (χ4v) is 4.12. The summed E-state index contributed by atoms with van der Waals surface area (Å²) in [7, 11) is 2.12. The molecular weight excluding hydrogens is 414 g/mol. The number of aryl methyl sites for hydroxylation is 1. The van der Waals surface area contributed by atoms with Gasteiger partial charge in [0.15, 0.2) is 0 Å². The number of benzene rings is 2. The van der Waals surface area contributed by atoms with Crippen molar-refractivity contribution in [2.24, 2.45) is 0 Å². The first-order chi connectivity index (χ1) is 16.0. The van der Waals surface area contributed by atoms with Gasteiger partial charge in [-0.1, -0.05) is 25.5 Å². The van der Waals surface area contributed by atoms with E-state index in [9.17, 15) is 4.79 Å². The smallest absolute Gasteiger partial charge is 0.333 e. The Morgan fingerprint density at radius 1 is 1.06 bits per heavy atom. The molecule has 178 valence electrons. The van der Waals surface area contributed by atoms with E-state index >= 15 is 0 Å². The van der Waals surface area contributed by atoms with Crippen molar-refractivity contribution < 1.29 is 19.0 Å². The van der Waals surface area contributed by atoms with Crippen LogP contribution in [-0.4, -0.2) is 46.0 Å². The SMILES string of the molecule is CCCCOCCOc1ccc(-c2cc(C=C(C)C(=O)OCC)c3c(c2)CCCN3C)cc1. The number of ether oxygens (including phenoxy) is 3. The van der Waals surface area contributed by atoms with Crippen molar-refractivity contribution in [1.82, 2.24) is 0 Å². The predicted molar refractivity (Wildman–Crippen MR) is 135 cm³/mol. The molecule has 5 heteroatoms. The number of fused-ring (bicyclic) bond motifs is 1. The lowest BCUT2D eigenvalue weighted by Crippen LogP contribution is -2.25. The first-order valence-electron chi connectivity index (χ1n) is 12.1. The van der Waals surface area contributed by atoms with Crippen molar-refractivity contribution in [2.75, 3.05) is 44.9 Å². The lowest BCUT2D eigenvalue weighted by atomic mass is 9.92. The van der Waals surface area contributed by atoms with Crippen LogP contribution in [0, 0.1) is 0 Å². The quantitative estimate of drug-likeness (QED) is 0.242. The molecule has 0 spiro atoms. The summed E-state index contributed by atoms with van der Waals surface area (Å²) in [5, 5.41) is 0. The predicted octanol–water partition coefficient (Wildman–Crippen LogP) is 5.90. The standard InChI is InChI=1S/C28H37NO4/c1-5-7-15-31-16-17-33-26-12-10-22(11-13-26)24-19-23-9-8-14-29(4)27(23)25(20-24)18-21(3)28(30)32-6-2/h10-13,18-20H,5-9,14-17H2,1-4H3. The molecule has 5 nitrogen and oxygen atoms in total. The third kappa shape index (κ3) is 6.84. The Balaban J connectivity index is 1.80. The summed E-state index contributed by atoms with van der Waals surface area (Å²) in [6, 6.07) is 12.6. The second-order valence-electron chi connectivity index (χ2n) is 8.48. The molecule has 0 amide bonds. The minimum Gasteiger partial charge on any atom is -0.491 e. The van der Waals surface area contributed by atoms with Gasteiger partial charge in [-0.25, -0.2) is 4.79 Å². The first-order valence-corrected chi connectivity index (χ1v) is 12.1. The number of hydrogen-bond donors (Lipinski definition) is 0. The Bertz CT molecular complexity index is 949. The lowest BCUT2D eigenvalue weighted by Gasteiger charge is -2.30. The van der Waals surface area contributed by atoms with Crippen LogP contribution in [0.1, 0.15) is 51.2 Å². The minimum absolute atomic E-state index is 0.268. The summed E-state index contributed by atoms with van der Waals surface area (Å²) in [6.45, 7) is 9.14. The molecule has 1 heterocycles. The number of carbonyl (C=O) groups is 1. The van der Waals surface area contributed by atoms with Crippen LogP contribution < -0.4 is 9.64 Å². The topological polar surface area (TPSA) is 48.0 Å². The molecule has 0 radical (unpaired) electrons. The van der Waals surface area contributed by atoms with Crippen molar-refractivity contribution >= 4 is 17.7 Å². The van der Waals surface area contributed by atoms with Crippen LogP contribution >= 0.6 is 0 Å². The molecule has 0 N–H and O–H groups in total. The average Bonchev–Trinajstić information content (AvgIpc) is 2.81. The zero-order valence-corrected chi connectivity index (χ0v) is 20.5. The molecule has 0 unspecified atom stereocenters. The van der Waals surface area contributed by atoms with Crippen molar-refractivity contribution in [3.05, 3.63) is 53.1 Å². The first kappa shape index (κ1) is 24.8. The van der Waals surface area contributed by atoms with Crippen LogP contribution in [0.2, 0.25) is 0 Å². The Hall–Kier alpha value is -2.79. The highest BCUT2D eigenvalue weighted by atomic mass is 16.5. The van der Waals surface area contributed by atoms with Gasteiger partial charge in [-0.15, -0.1) is 0 Å². The number of esters is 1. The number of nitrogens with zero attached hydrogens (tertiary/aromatic N) is 1. The van der Waals surface area contributed by atoms with Crippen LogP contribution in [0.15, 0.2) is 42.0 Å². The normalized spacial score (nSPS) is 13.6. The molecule has 0 fully saturated rings. The van der Waals surface area contributed by atoms with Crippen LogP contribution in [0.5, 0.6) is 5.75 Å². The largest absolute Gasteiger partial charge is 0.491 e. The Labute approximate surface area is 198 Å². The van der Waals surface area contributed by atoms with E-state index in [1.807, 2.05) is 32.1 Å². The molecule has 1 aliphatic heterocycles. The van der Waals surface area contributed by atoms with E-state index in [4.69, 9.17) is 14.2 Å². The summed E-state index contributed by atoms with van der Waals surface area (Å²) in [4.78, 5) is 14.5. The van der Waals surface area contributed by atoms with Gasteiger partial charge < -0.3 is 19.1 Å². The van der Waals surface area contributed by atoms with Gasteiger partial charge in [0, 0.05) is 31.5 Å². The maximum Gasteiger partial charge on any atom is 0.333 e. The minimum atomic E-state index is -0.268. The fourth-order valence-electron chi connectivity index (χ4n) is 4.12. The van der Waals surface area contributed by atoms with Crippen molar-refractivity contribution in [1.29, 1.82) is 0 Å². The van der Waals surface area contributed by atoms with Gasteiger partial charge in [0.25, 0.3) is 0 Å². The Morgan fingerprint density at radius 2 is 1.85 bits per heavy atom. The zero-order chi connectivity index (χ0) is 23.6. The third-order valence-electron chi connectivity index (χ3n) is 5.84. The lowest BCUT2D eigenvalue weighted by molar-refractivity contribution is -0.138. The maximum atomic E-state index is 12.2. The Kier molecular flexibility index (Phi) is 9.37. The fraction of sp³-hybridized carbons (Fsp3) is 0.464. The molecule has 0 aromatic heterocycles. The number of hydrogen-bond acceptors (Lipinski definition) is 5. The molecule has 2 aromatic rings. The van der Waals surface area contributed by atoms with E-state index in [1.165, 1.54) is 11.3 Å². The molecule has 3 rings (SSSR count). The summed E-state index contributed by atoms with van der Waals surface area (Å²) in [5.74, 6) is 0.573. The van der Waals surface area contributed by atoms with Gasteiger partial charge in [0.05, 0.1) is 13.2 Å². The molecule has 2 aromatic carbocycles. The molecule has 0 atom stereocenters. The van der Waals surface area contributed by atoms with Gasteiger partial charge in [-0.3, -0.25) is 0 Å². The van der Waals surface area contributed by atoms with E-state index in [0.29, 0.717) is 25.4 Å². The van der Waals surface area contributed by atoms with Crippen LogP contribution in [0.4, 0.5) is 5.69 Å². The highest BCUT2D eigenvalue weighted by molar-refractivity contribution is 5.95. The van der Waals surface area contributed by atoms with Gasteiger partial charge in [0.2, 0.25) is 0 Å². The maximum absolute atomic E-state index is 12.2. The summed E-state index contributed by atoms with van der Waals surface area (Å²) in [5.41, 5.74) is 6.45. The molecular formula is C28H37NO4. The summed E-state index contributed by atoms with van der Waals surface area (Å²) in [6.07, 6.45) is 6.34. The van der Waals surface area contributed by atoms with Crippen LogP contribution in [0.25, 0.3) is 17.2 Å². The van der Waals surface area contributed by atoms with Gasteiger partial charge >= 0.3 is 5.97 Å². The Morgan fingerprint density at radius 3 is 2.58 bits per heavy atom. The van der Waals surface area contributed by atoms with E-state index in [0.717, 1.165) is 61.3 Å². The third-order valence-corrected chi connectivity index (χ3v) is 5.84. The molecule has 0 saturated heterocycles. The van der Waals surface area contributed by atoms with Gasteiger partial charge in [-0.2, -0.15) is 0 Å². The van der Waals surface area contributed by atoms with Crippen molar-refractivity contribution in [2.45, 2.75) is 46.5 Å². The summed E-state index contributed by atoms with van der Waals surface area (Å²) < 4.78 is 16.6. The van der Waals surface area contributed by atoms with E-state index in [-0.39, 0.29) is 5.97 Å². The molecule has 0 saturated carbocycles. The molecule has 33 heavy (non-hydrogen) atoms. The number of carbonyl (C=O) groups excluding carboxylic acids is 1. The highest BCUT2D eigenvalue weighted by Crippen LogP contribution is 2.36. The monoisotopic (exact) mass is 451 g/mol. The van der Waals surface area contributed by atoms with Crippen molar-refractivity contribution in [3.8, 4) is 16.9 Å². The van der Waals surface area contributed by atoms with Gasteiger partial charge in [0.1, 0.15) is 12.4 Å². The second kappa shape index (κ2) is 12.4. The number of rotatable bonds is 11. The van der Waals surface area contributed by atoms with Crippen LogP contribution in [0.3, 0.4) is 0 Å². The van der Waals surface area contributed by atoms with E-state index < -0.39 is 0 Å². The van der Waals surface area contributed by atoms with Crippen LogP contribution in [-0.2, 0) is 20.7 Å². The molecule has 1 aliphatic rings. The van der Waals surface area contributed by atoms with Gasteiger partial charge in [-0.05, 0) is 85.7 Å². The van der Waals surface area contributed by atoms with E-state index in [2.05, 4.69) is 43.1 Å².